The minimum Gasteiger partial charge on any atom is -0.494 e. The maximum Gasteiger partial charge on any atom is 0.325 e. The van der Waals surface area contributed by atoms with Crippen molar-refractivity contribution in [3.8, 4) is 5.75 Å². The first kappa shape index (κ1) is 29.5. The number of rotatable bonds is 17. The summed E-state index contributed by atoms with van der Waals surface area (Å²) in [6.07, 6.45) is 7.94. The van der Waals surface area contributed by atoms with Gasteiger partial charge in [-0.05, 0) is 43.4 Å². The third kappa shape index (κ3) is 10.5. The van der Waals surface area contributed by atoms with E-state index < -0.39 is 0 Å². The molecule has 0 saturated heterocycles. The first-order valence-electron chi connectivity index (χ1n) is 13.6. The summed E-state index contributed by atoms with van der Waals surface area (Å²) in [6.45, 7) is 11.4. The lowest BCUT2D eigenvalue weighted by Crippen LogP contribution is -2.42. The van der Waals surface area contributed by atoms with Crippen molar-refractivity contribution in [2.75, 3.05) is 32.8 Å². The Bertz CT molecular complexity index is 846. The van der Waals surface area contributed by atoms with Crippen LogP contribution < -0.4 is 10.5 Å². The summed E-state index contributed by atoms with van der Waals surface area (Å²) < 4.78 is 11.2. The Labute approximate surface area is 217 Å². The van der Waals surface area contributed by atoms with Gasteiger partial charge in [-0.15, -0.1) is 0 Å². The molecule has 0 saturated carbocycles. The number of esters is 1. The van der Waals surface area contributed by atoms with Crippen molar-refractivity contribution in [3.05, 3.63) is 23.8 Å². The van der Waals surface area contributed by atoms with Gasteiger partial charge in [0.25, 0.3) is 0 Å². The van der Waals surface area contributed by atoms with E-state index in [1.807, 2.05) is 36.9 Å². The lowest BCUT2D eigenvalue weighted by atomic mass is 10.1. The Morgan fingerprint density at radius 1 is 1.08 bits per heavy atom. The number of amides is 1. The van der Waals surface area contributed by atoms with E-state index in [0.29, 0.717) is 38.6 Å². The zero-order valence-corrected chi connectivity index (χ0v) is 22.8. The molecule has 0 radical (unpaired) electrons. The minimum absolute atomic E-state index is 0.0572. The van der Waals surface area contributed by atoms with Crippen LogP contribution in [-0.4, -0.2) is 60.5 Å². The van der Waals surface area contributed by atoms with E-state index in [-0.39, 0.29) is 24.3 Å². The van der Waals surface area contributed by atoms with Crippen molar-refractivity contribution in [3.63, 3.8) is 0 Å². The summed E-state index contributed by atoms with van der Waals surface area (Å²) in [5.41, 5.74) is 7.78. The van der Waals surface area contributed by atoms with Crippen molar-refractivity contribution < 1.29 is 19.1 Å². The van der Waals surface area contributed by atoms with Gasteiger partial charge in [0.05, 0.1) is 18.9 Å². The summed E-state index contributed by atoms with van der Waals surface area (Å²) in [5.74, 6) is 1.21. The summed E-state index contributed by atoms with van der Waals surface area (Å²) in [4.78, 5) is 33.1. The van der Waals surface area contributed by atoms with E-state index in [4.69, 9.17) is 15.2 Å². The van der Waals surface area contributed by atoms with E-state index in [1.165, 1.54) is 0 Å². The number of benzene rings is 1. The fourth-order valence-electron chi connectivity index (χ4n) is 4.00. The molecule has 1 aliphatic rings. The normalized spacial score (nSPS) is 12.8. The lowest BCUT2D eigenvalue weighted by Gasteiger charge is -2.27. The molecule has 202 valence electrons. The maximum atomic E-state index is 12.8. The Morgan fingerprint density at radius 2 is 1.78 bits per heavy atom. The lowest BCUT2D eigenvalue weighted by molar-refractivity contribution is -0.145. The van der Waals surface area contributed by atoms with Crippen LogP contribution in [0.25, 0.3) is 0 Å². The van der Waals surface area contributed by atoms with Gasteiger partial charge in [-0.25, -0.2) is 4.99 Å². The minimum atomic E-state index is -0.319. The number of hydrogen-bond donors (Lipinski definition) is 1. The number of ether oxygens (including phenoxy) is 2. The van der Waals surface area contributed by atoms with E-state index in [2.05, 4.69) is 18.8 Å². The fourth-order valence-corrected chi connectivity index (χ4v) is 4.00. The van der Waals surface area contributed by atoms with Crippen LogP contribution in [0.4, 0.5) is 5.69 Å². The second-order valence-electron chi connectivity index (χ2n) is 9.94. The van der Waals surface area contributed by atoms with Crippen LogP contribution in [0.3, 0.4) is 0 Å². The van der Waals surface area contributed by atoms with Crippen molar-refractivity contribution in [1.82, 2.24) is 9.80 Å². The first-order chi connectivity index (χ1) is 17.3. The first-order valence-corrected chi connectivity index (χ1v) is 13.6. The molecule has 2 N–H and O–H groups in total. The second-order valence-corrected chi connectivity index (χ2v) is 9.94. The van der Waals surface area contributed by atoms with E-state index >= 15 is 0 Å². The van der Waals surface area contributed by atoms with Crippen LogP contribution in [0.2, 0.25) is 0 Å². The molecule has 1 heterocycles. The molecule has 8 heteroatoms. The smallest absolute Gasteiger partial charge is 0.325 e. The molecule has 2 rings (SSSR count). The second kappa shape index (κ2) is 16.1. The van der Waals surface area contributed by atoms with Gasteiger partial charge >= 0.3 is 5.97 Å². The van der Waals surface area contributed by atoms with E-state index in [1.54, 1.807) is 4.90 Å². The molecule has 36 heavy (non-hydrogen) atoms. The fraction of sp³-hybridized carbons (Fsp3) is 0.679. The summed E-state index contributed by atoms with van der Waals surface area (Å²) in [7, 11) is 0. The molecule has 0 spiro atoms. The molecule has 0 fully saturated rings. The highest BCUT2D eigenvalue weighted by molar-refractivity contribution is 5.87. The van der Waals surface area contributed by atoms with E-state index in [9.17, 15) is 9.59 Å². The van der Waals surface area contributed by atoms with Crippen molar-refractivity contribution in [2.24, 2.45) is 16.6 Å². The van der Waals surface area contributed by atoms with Gasteiger partial charge in [-0.3, -0.25) is 9.59 Å². The number of fused-ring (bicyclic) bond motifs is 1. The predicted molar refractivity (Wildman–Crippen MR) is 144 cm³/mol. The summed E-state index contributed by atoms with van der Waals surface area (Å²) >= 11 is 0. The van der Waals surface area contributed by atoms with Gasteiger partial charge in [0, 0.05) is 31.6 Å². The van der Waals surface area contributed by atoms with Crippen LogP contribution in [0.5, 0.6) is 5.75 Å². The molecule has 0 aromatic heterocycles. The SMILES string of the molecule is CCCCCN(CCCCC)C(=O)CCCOc1ccc2c(c1)CN(CC(=O)OCC(C)C)C(N)=N2. The van der Waals surface area contributed by atoms with Crippen LogP contribution in [0.1, 0.15) is 84.6 Å². The van der Waals surface area contributed by atoms with Gasteiger partial charge in [-0.2, -0.15) is 0 Å². The predicted octanol–water partition coefficient (Wildman–Crippen LogP) is 5.02. The molecule has 8 nitrogen and oxygen atoms in total. The van der Waals surface area contributed by atoms with Crippen LogP contribution in [-0.2, 0) is 20.9 Å². The Hall–Kier alpha value is -2.77. The molecule has 0 bridgehead atoms. The standard InChI is InChI=1S/C28H46N4O4/c1-5-7-9-15-31(16-10-8-6-2)26(33)12-11-17-35-24-13-14-25-23(18-24)19-32(28(29)30-25)20-27(34)36-21-22(3)4/h13-14,18,22H,5-12,15-17,19-21H2,1-4H3,(H2,29,30). The molecular formula is C28H46N4O4. The maximum absolute atomic E-state index is 12.8. The molecule has 0 unspecified atom stereocenters. The molecule has 0 aliphatic carbocycles. The highest BCUT2D eigenvalue weighted by Gasteiger charge is 2.21. The van der Waals surface area contributed by atoms with Crippen molar-refractivity contribution in [1.29, 1.82) is 0 Å². The molecule has 1 amide bonds. The zero-order chi connectivity index (χ0) is 26.3. The number of hydrogen-bond acceptors (Lipinski definition) is 7. The number of unbranched alkanes of at least 4 members (excludes halogenated alkanes) is 4. The number of nitrogens with two attached hydrogens (primary N) is 1. The van der Waals surface area contributed by atoms with Crippen LogP contribution in [0.15, 0.2) is 23.2 Å². The highest BCUT2D eigenvalue weighted by atomic mass is 16.5. The largest absolute Gasteiger partial charge is 0.494 e. The Balaban J connectivity index is 1.83. The topological polar surface area (TPSA) is 97.5 Å². The monoisotopic (exact) mass is 502 g/mol. The quantitative estimate of drug-likeness (QED) is 0.237. The van der Waals surface area contributed by atoms with Crippen LogP contribution in [0, 0.1) is 5.92 Å². The van der Waals surface area contributed by atoms with Gasteiger partial charge in [0.15, 0.2) is 5.96 Å². The van der Waals surface area contributed by atoms with Crippen LogP contribution >= 0.6 is 0 Å². The number of guanidine groups is 1. The van der Waals surface area contributed by atoms with Gasteiger partial charge < -0.3 is 25.0 Å². The average Bonchev–Trinajstić information content (AvgIpc) is 2.85. The number of carbonyl (C=O) groups excluding carboxylic acids is 2. The Morgan fingerprint density at radius 3 is 2.42 bits per heavy atom. The molecule has 1 aromatic rings. The third-order valence-corrected chi connectivity index (χ3v) is 6.09. The molecule has 1 aliphatic heterocycles. The number of aliphatic imine (C=N–C) groups is 1. The molecule has 0 atom stereocenters. The molecular weight excluding hydrogens is 456 g/mol. The van der Waals surface area contributed by atoms with Gasteiger partial charge in [0.1, 0.15) is 12.3 Å². The summed E-state index contributed by atoms with van der Waals surface area (Å²) in [5, 5.41) is 0. The number of nitrogens with zero attached hydrogens (tertiary/aromatic N) is 3. The van der Waals surface area contributed by atoms with Gasteiger partial charge in [-0.1, -0.05) is 53.4 Å². The average molecular weight is 503 g/mol. The summed E-state index contributed by atoms with van der Waals surface area (Å²) in [6, 6.07) is 5.67. The van der Waals surface area contributed by atoms with Crippen molar-refractivity contribution >= 4 is 23.5 Å². The zero-order valence-electron chi connectivity index (χ0n) is 22.8. The van der Waals surface area contributed by atoms with E-state index in [0.717, 1.165) is 68.6 Å². The van der Waals surface area contributed by atoms with Crippen molar-refractivity contribution in [2.45, 2.75) is 85.6 Å². The number of carbonyl (C=O) groups is 2. The van der Waals surface area contributed by atoms with Gasteiger partial charge in [0.2, 0.25) is 5.91 Å². The molecule has 1 aromatic carbocycles. The highest BCUT2D eigenvalue weighted by Crippen LogP contribution is 2.29. The Kier molecular flexibility index (Phi) is 13.1. The third-order valence-electron chi connectivity index (χ3n) is 6.09.